The van der Waals surface area contributed by atoms with Crippen LogP contribution in [0.5, 0.6) is 0 Å². The normalized spacial score (nSPS) is 12.7. The number of esters is 1. The number of carbonyl (C=O) groups is 2. The first-order valence-corrected chi connectivity index (χ1v) is 6.70. The number of methoxy groups -OCH3 is 1. The van der Waals surface area contributed by atoms with Crippen molar-refractivity contribution in [2.24, 2.45) is 5.41 Å². The van der Waals surface area contributed by atoms with Crippen molar-refractivity contribution in [1.29, 1.82) is 0 Å². The molecule has 0 radical (unpaired) electrons. The van der Waals surface area contributed by atoms with Gasteiger partial charge in [0, 0.05) is 9.89 Å². The van der Waals surface area contributed by atoms with Crippen LogP contribution < -0.4 is 5.32 Å². The molecule has 0 saturated carbocycles. The van der Waals surface area contributed by atoms with E-state index in [0.29, 0.717) is 5.56 Å². The summed E-state index contributed by atoms with van der Waals surface area (Å²) in [6.45, 7) is 5.37. The summed E-state index contributed by atoms with van der Waals surface area (Å²) in [5, 5.41) is 2.72. The van der Waals surface area contributed by atoms with Crippen molar-refractivity contribution in [3.63, 3.8) is 0 Å². The van der Waals surface area contributed by atoms with E-state index in [0.717, 1.165) is 4.47 Å². The van der Waals surface area contributed by atoms with Crippen LogP contribution in [0.15, 0.2) is 28.7 Å². The minimum atomic E-state index is -0.813. The number of rotatable bonds is 3. The number of carbonyl (C=O) groups excluding carboxylic acids is 2. The van der Waals surface area contributed by atoms with Gasteiger partial charge in [0.1, 0.15) is 0 Å². The zero-order valence-electron chi connectivity index (χ0n) is 11.5. The van der Waals surface area contributed by atoms with E-state index >= 15 is 0 Å². The van der Waals surface area contributed by atoms with E-state index in [1.54, 1.807) is 32.9 Å². The number of hydrogen-bond acceptors (Lipinski definition) is 3. The standard InChI is InChI=1S/C14H18BrNO3/c1-14(2,3)13(18)16-11(12(17)19-4)9-7-5-6-8-10(9)15/h5-8,11H,1-4H3,(H,16,18)/t11-/m0/s1. The van der Waals surface area contributed by atoms with Crippen LogP contribution in [0.3, 0.4) is 0 Å². The molecule has 1 aromatic rings. The zero-order chi connectivity index (χ0) is 14.6. The van der Waals surface area contributed by atoms with Crippen LogP contribution in [0.4, 0.5) is 0 Å². The van der Waals surface area contributed by atoms with Gasteiger partial charge in [0.15, 0.2) is 6.04 Å². The largest absolute Gasteiger partial charge is 0.467 e. The van der Waals surface area contributed by atoms with Crippen LogP contribution in [0.2, 0.25) is 0 Å². The molecule has 5 heteroatoms. The second-order valence-electron chi connectivity index (χ2n) is 5.20. The molecule has 1 rings (SSSR count). The van der Waals surface area contributed by atoms with Crippen molar-refractivity contribution < 1.29 is 14.3 Å². The van der Waals surface area contributed by atoms with Crippen LogP contribution >= 0.6 is 15.9 Å². The molecular weight excluding hydrogens is 310 g/mol. The molecule has 0 unspecified atom stereocenters. The summed E-state index contributed by atoms with van der Waals surface area (Å²) in [5.74, 6) is -0.705. The number of benzene rings is 1. The van der Waals surface area contributed by atoms with Gasteiger partial charge in [-0.25, -0.2) is 4.79 Å². The Hall–Kier alpha value is -1.36. The summed E-state index contributed by atoms with van der Waals surface area (Å²) in [6.07, 6.45) is 0. The molecule has 1 atom stereocenters. The van der Waals surface area contributed by atoms with Gasteiger partial charge in [-0.15, -0.1) is 0 Å². The summed E-state index contributed by atoms with van der Waals surface area (Å²) in [6, 6.07) is 6.42. The quantitative estimate of drug-likeness (QED) is 0.868. The Balaban J connectivity index is 3.07. The lowest BCUT2D eigenvalue weighted by Gasteiger charge is -2.23. The Morgan fingerprint density at radius 2 is 1.84 bits per heavy atom. The van der Waals surface area contributed by atoms with Crippen molar-refractivity contribution in [1.82, 2.24) is 5.32 Å². The molecule has 1 N–H and O–H groups in total. The van der Waals surface area contributed by atoms with Crippen LogP contribution in [-0.2, 0) is 14.3 Å². The van der Waals surface area contributed by atoms with Crippen molar-refractivity contribution in [3.8, 4) is 0 Å². The fourth-order valence-electron chi connectivity index (χ4n) is 1.44. The molecule has 0 aliphatic heterocycles. The van der Waals surface area contributed by atoms with Crippen molar-refractivity contribution >= 4 is 27.8 Å². The third-order valence-electron chi connectivity index (χ3n) is 2.61. The first-order chi connectivity index (χ1) is 8.77. The number of nitrogens with one attached hydrogen (secondary N) is 1. The highest BCUT2D eigenvalue weighted by Crippen LogP contribution is 2.25. The summed E-state index contributed by atoms with van der Waals surface area (Å²) in [7, 11) is 1.30. The molecule has 0 aliphatic carbocycles. The Bertz CT molecular complexity index is 480. The Kier molecular flexibility index (Phi) is 5.11. The predicted molar refractivity (Wildman–Crippen MR) is 76.5 cm³/mol. The number of hydrogen-bond donors (Lipinski definition) is 1. The number of halogens is 1. The molecule has 104 valence electrons. The van der Waals surface area contributed by atoms with Gasteiger partial charge in [-0.05, 0) is 11.6 Å². The SMILES string of the molecule is COC(=O)[C@@H](NC(=O)C(C)(C)C)c1ccccc1Br. The van der Waals surface area contributed by atoms with E-state index in [9.17, 15) is 9.59 Å². The summed E-state index contributed by atoms with van der Waals surface area (Å²) < 4.78 is 5.51. The Labute approximate surface area is 121 Å². The van der Waals surface area contributed by atoms with Gasteiger partial charge in [-0.3, -0.25) is 4.79 Å². The summed E-state index contributed by atoms with van der Waals surface area (Å²) >= 11 is 3.38. The fourth-order valence-corrected chi connectivity index (χ4v) is 1.95. The molecule has 0 aromatic heterocycles. The molecule has 0 saturated heterocycles. The Morgan fingerprint density at radius 3 is 2.32 bits per heavy atom. The minimum absolute atomic E-state index is 0.210. The van der Waals surface area contributed by atoms with Gasteiger partial charge in [0.05, 0.1) is 7.11 Å². The molecule has 4 nitrogen and oxygen atoms in total. The lowest BCUT2D eigenvalue weighted by molar-refractivity contribution is -0.146. The van der Waals surface area contributed by atoms with Gasteiger partial charge >= 0.3 is 5.97 Å². The molecule has 0 spiro atoms. The maximum Gasteiger partial charge on any atom is 0.333 e. The predicted octanol–water partition coefficient (Wildman–Crippen LogP) is 2.83. The maximum absolute atomic E-state index is 12.0. The van der Waals surface area contributed by atoms with Crippen molar-refractivity contribution in [2.45, 2.75) is 26.8 Å². The van der Waals surface area contributed by atoms with Gasteiger partial charge in [0.25, 0.3) is 0 Å². The second-order valence-corrected chi connectivity index (χ2v) is 6.06. The average Bonchev–Trinajstić information content (AvgIpc) is 2.34. The molecule has 19 heavy (non-hydrogen) atoms. The number of ether oxygens (including phenoxy) is 1. The molecule has 0 bridgehead atoms. The lowest BCUT2D eigenvalue weighted by Crippen LogP contribution is -2.41. The Morgan fingerprint density at radius 1 is 1.26 bits per heavy atom. The first kappa shape index (κ1) is 15.7. The second kappa shape index (κ2) is 6.19. The van der Waals surface area contributed by atoms with E-state index in [-0.39, 0.29) is 5.91 Å². The van der Waals surface area contributed by atoms with Crippen LogP contribution in [0.1, 0.15) is 32.4 Å². The summed E-state index contributed by atoms with van der Waals surface area (Å²) in [5.41, 5.74) is 0.0972. The van der Waals surface area contributed by atoms with Crippen LogP contribution in [0.25, 0.3) is 0 Å². The lowest BCUT2D eigenvalue weighted by atomic mass is 9.94. The van der Waals surface area contributed by atoms with Gasteiger partial charge < -0.3 is 10.1 Å². The third-order valence-corrected chi connectivity index (χ3v) is 3.33. The van der Waals surface area contributed by atoms with Crippen molar-refractivity contribution in [2.75, 3.05) is 7.11 Å². The van der Waals surface area contributed by atoms with Gasteiger partial charge in [0.2, 0.25) is 5.91 Å². The van der Waals surface area contributed by atoms with E-state index < -0.39 is 17.4 Å². The van der Waals surface area contributed by atoms with Gasteiger partial charge in [-0.2, -0.15) is 0 Å². The molecule has 0 aliphatic rings. The fraction of sp³-hybridized carbons (Fsp3) is 0.429. The van der Waals surface area contributed by atoms with Crippen LogP contribution in [-0.4, -0.2) is 19.0 Å². The van der Waals surface area contributed by atoms with Crippen molar-refractivity contribution in [3.05, 3.63) is 34.3 Å². The van der Waals surface area contributed by atoms with Crippen LogP contribution in [0, 0.1) is 5.41 Å². The number of amides is 1. The minimum Gasteiger partial charge on any atom is -0.467 e. The van der Waals surface area contributed by atoms with Gasteiger partial charge in [-0.1, -0.05) is 54.9 Å². The third kappa shape index (κ3) is 4.06. The molecule has 1 aromatic carbocycles. The average molecular weight is 328 g/mol. The molecule has 1 amide bonds. The highest BCUT2D eigenvalue weighted by atomic mass is 79.9. The molecule has 0 heterocycles. The first-order valence-electron chi connectivity index (χ1n) is 5.90. The van der Waals surface area contributed by atoms with E-state index in [1.165, 1.54) is 7.11 Å². The maximum atomic E-state index is 12.0. The van der Waals surface area contributed by atoms with E-state index in [4.69, 9.17) is 4.74 Å². The highest BCUT2D eigenvalue weighted by molar-refractivity contribution is 9.10. The smallest absolute Gasteiger partial charge is 0.333 e. The highest BCUT2D eigenvalue weighted by Gasteiger charge is 2.30. The molecule has 0 fully saturated rings. The van der Waals surface area contributed by atoms with E-state index in [1.807, 2.05) is 12.1 Å². The molecular formula is C14H18BrNO3. The topological polar surface area (TPSA) is 55.4 Å². The summed E-state index contributed by atoms with van der Waals surface area (Å²) in [4.78, 5) is 23.9. The monoisotopic (exact) mass is 327 g/mol. The van der Waals surface area contributed by atoms with E-state index in [2.05, 4.69) is 21.2 Å². The zero-order valence-corrected chi connectivity index (χ0v) is 13.1.